The number of nitrogens with two attached hydrogens (primary N) is 1. The van der Waals surface area contributed by atoms with E-state index in [2.05, 4.69) is 0 Å². The van der Waals surface area contributed by atoms with Crippen LogP contribution in [0, 0.1) is 0 Å². The Morgan fingerprint density at radius 2 is 2.32 bits per heavy atom. The Hall–Kier alpha value is -1.30. The molecule has 1 aromatic carbocycles. The topological polar surface area (TPSA) is 75.8 Å². The summed E-state index contributed by atoms with van der Waals surface area (Å²) >= 11 is 6.00. The van der Waals surface area contributed by atoms with Gasteiger partial charge >= 0.3 is 0 Å². The quantitative estimate of drug-likeness (QED) is 0.857. The first kappa shape index (κ1) is 14.1. The fourth-order valence-electron chi connectivity index (χ4n) is 2.19. The van der Waals surface area contributed by atoms with Crippen LogP contribution in [0.2, 0.25) is 5.02 Å². The minimum atomic E-state index is -0.213. The van der Waals surface area contributed by atoms with Crippen molar-refractivity contribution in [3.63, 3.8) is 0 Å². The molecule has 5 nitrogen and oxygen atoms in total. The van der Waals surface area contributed by atoms with Crippen molar-refractivity contribution in [2.24, 2.45) is 5.73 Å². The number of rotatable bonds is 2. The van der Waals surface area contributed by atoms with Gasteiger partial charge in [-0.3, -0.25) is 4.79 Å². The molecule has 104 valence electrons. The van der Waals surface area contributed by atoms with Crippen molar-refractivity contribution in [2.45, 2.75) is 19.1 Å². The zero-order valence-corrected chi connectivity index (χ0v) is 11.4. The van der Waals surface area contributed by atoms with Crippen molar-refractivity contribution >= 4 is 17.5 Å². The molecule has 19 heavy (non-hydrogen) atoms. The maximum absolute atomic E-state index is 12.4. The maximum Gasteiger partial charge on any atom is 0.255 e. The summed E-state index contributed by atoms with van der Waals surface area (Å²) in [6, 6.07) is 4.33. The highest BCUT2D eigenvalue weighted by molar-refractivity contribution is 6.33. The Kier molecular flexibility index (Phi) is 4.29. The van der Waals surface area contributed by atoms with E-state index in [0.29, 0.717) is 30.2 Å². The lowest BCUT2D eigenvalue weighted by atomic mass is 10.1. The average Bonchev–Trinajstić information content (AvgIpc) is 2.40. The zero-order valence-electron chi connectivity index (χ0n) is 10.7. The minimum Gasteiger partial charge on any atom is -0.508 e. The summed E-state index contributed by atoms with van der Waals surface area (Å²) in [6.45, 7) is 3.18. The first-order valence-corrected chi connectivity index (χ1v) is 6.52. The van der Waals surface area contributed by atoms with Crippen LogP contribution in [0.1, 0.15) is 17.3 Å². The number of benzene rings is 1. The standard InChI is InChI=1S/C13H17ClN2O3/c1-8-6-16(7-10(5-15)19-8)13(18)11-4-9(17)2-3-12(11)14/h2-4,8,10,17H,5-7,15H2,1H3. The lowest BCUT2D eigenvalue weighted by Crippen LogP contribution is -2.51. The van der Waals surface area contributed by atoms with Crippen LogP contribution in [0.4, 0.5) is 0 Å². The van der Waals surface area contributed by atoms with E-state index < -0.39 is 0 Å². The van der Waals surface area contributed by atoms with Gasteiger partial charge in [-0.15, -0.1) is 0 Å². The Morgan fingerprint density at radius 3 is 3.00 bits per heavy atom. The number of halogens is 1. The van der Waals surface area contributed by atoms with E-state index in [-0.39, 0.29) is 23.9 Å². The number of hydrogen-bond acceptors (Lipinski definition) is 4. The van der Waals surface area contributed by atoms with Crippen molar-refractivity contribution in [1.82, 2.24) is 4.90 Å². The number of phenols is 1. The van der Waals surface area contributed by atoms with Gasteiger partial charge in [-0.1, -0.05) is 11.6 Å². The molecule has 0 radical (unpaired) electrons. The molecule has 1 aromatic rings. The summed E-state index contributed by atoms with van der Waals surface area (Å²) < 4.78 is 5.60. The second-order valence-corrected chi connectivity index (χ2v) is 5.09. The number of carbonyl (C=O) groups excluding carboxylic acids is 1. The van der Waals surface area contributed by atoms with Crippen LogP contribution in [-0.2, 0) is 4.74 Å². The van der Waals surface area contributed by atoms with E-state index in [0.717, 1.165) is 0 Å². The largest absolute Gasteiger partial charge is 0.508 e. The van der Waals surface area contributed by atoms with Crippen molar-refractivity contribution in [3.8, 4) is 5.75 Å². The van der Waals surface area contributed by atoms with Crippen molar-refractivity contribution < 1.29 is 14.6 Å². The summed E-state index contributed by atoms with van der Waals surface area (Å²) in [6.07, 6.45) is -0.230. The molecule has 0 saturated carbocycles. The summed E-state index contributed by atoms with van der Waals surface area (Å²) in [7, 11) is 0. The van der Waals surface area contributed by atoms with E-state index in [4.69, 9.17) is 22.1 Å². The lowest BCUT2D eigenvalue weighted by Gasteiger charge is -2.36. The number of aromatic hydroxyl groups is 1. The van der Waals surface area contributed by atoms with Gasteiger partial charge in [0.15, 0.2) is 0 Å². The van der Waals surface area contributed by atoms with E-state index >= 15 is 0 Å². The van der Waals surface area contributed by atoms with Gasteiger partial charge in [0.25, 0.3) is 5.91 Å². The Bertz CT molecular complexity index is 481. The molecule has 2 rings (SSSR count). The molecule has 2 unspecified atom stereocenters. The van der Waals surface area contributed by atoms with E-state index in [1.54, 1.807) is 4.90 Å². The molecule has 1 fully saturated rings. The Labute approximate surface area is 116 Å². The molecule has 1 saturated heterocycles. The molecule has 0 spiro atoms. The normalized spacial score (nSPS) is 23.4. The molecule has 3 N–H and O–H groups in total. The second kappa shape index (κ2) is 5.77. The molecular weight excluding hydrogens is 268 g/mol. The van der Waals surface area contributed by atoms with Crippen LogP contribution < -0.4 is 5.73 Å². The third-order valence-electron chi connectivity index (χ3n) is 3.06. The summed E-state index contributed by atoms with van der Waals surface area (Å²) in [5.74, 6) is -0.195. The number of ether oxygens (including phenoxy) is 1. The first-order valence-electron chi connectivity index (χ1n) is 6.14. The molecule has 0 bridgehead atoms. The molecule has 1 aliphatic rings. The highest BCUT2D eigenvalue weighted by atomic mass is 35.5. The Balaban J connectivity index is 2.21. The predicted molar refractivity (Wildman–Crippen MR) is 72.4 cm³/mol. The fraction of sp³-hybridized carbons (Fsp3) is 0.462. The van der Waals surface area contributed by atoms with Gasteiger partial charge in [0, 0.05) is 19.6 Å². The van der Waals surface area contributed by atoms with E-state index in [1.165, 1.54) is 18.2 Å². The molecule has 1 amide bonds. The number of hydrogen-bond donors (Lipinski definition) is 2. The number of amides is 1. The number of morpholine rings is 1. The first-order chi connectivity index (χ1) is 9.01. The third kappa shape index (κ3) is 3.18. The third-order valence-corrected chi connectivity index (χ3v) is 3.39. The van der Waals surface area contributed by atoms with Crippen molar-refractivity contribution in [3.05, 3.63) is 28.8 Å². The van der Waals surface area contributed by atoms with Crippen molar-refractivity contribution in [1.29, 1.82) is 0 Å². The average molecular weight is 285 g/mol. The van der Waals surface area contributed by atoms with Crippen LogP contribution in [0.5, 0.6) is 5.75 Å². The monoisotopic (exact) mass is 284 g/mol. The smallest absolute Gasteiger partial charge is 0.255 e. The summed E-state index contributed by atoms with van der Waals surface area (Å²) in [5.41, 5.74) is 5.89. The van der Waals surface area contributed by atoms with Crippen LogP contribution in [-0.4, -0.2) is 47.8 Å². The Morgan fingerprint density at radius 1 is 1.58 bits per heavy atom. The van der Waals surface area contributed by atoms with Gasteiger partial charge < -0.3 is 20.5 Å². The molecule has 1 heterocycles. The fourth-order valence-corrected chi connectivity index (χ4v) is 2.39. The van der Waals surface area contributed by atoms with Crippen LogP contribution >= 0.6 is 11.6 Å². The van der Waals surface area contributed by atoms with Crippen LogP contribution in [0.15, 0.2) is 18.2 Å². The highest BCUT2D eigenvalue weighted by Gasteiger charge is 2.29. The molecule has 0 aromatic heterocycles. The van der Waals surface area contributed by atoms with Gasteiger partial charge in [0.2, 0.25) is 0 Å². The zero-order chi connectivity index (χ0) is 14.0. The molecule has 1 aliphatic heterocycles. The van der Waals surface area contributed by atoms with Gasteiger partial charge in [-0.2, -0.15) is 0 Å². The van der Waals surface area contributed by atoms with Gasteiger partial charge in [-0.05, 0) is 25.1 Å². The minimum absolute atomic E-state index is 0.0180. The van der Waals surface area contributed by atoms with Gasteiger partial charge in [-0.25, -0.2) is 0 Å². The highest BCUT2D eigenvalue weighted by Crippen LogP contribution is 2.24. The van der Waals surface area contributed by atoms with Crippen LogP contribution in [0.3, 0.4) is 0 Å². The predicted octanol–water partition coefficient (Wildman–Crippen LogP) is 1.23. The van der Waals surface area contributed by atoms with Crippen molar-refractivity contribution in [2.75, 3.05) is 19.6 Å². The van der Waals surface area contributed by atoms with Gasteiger partial charge in [0.05, 0.1) is 22.8 Å². The number of phenolic OH excluding ortho intramolecular Hbond substituents is 1. The lowest BCUT2D eigenvalue weighted by molar-refractivity contribution is -0.0625. The van der Waals surface area contributed by atoms with Crippen LogP contribution in [0.25, 0.3) is 0 Å². The molecular formula is C13H17ClN2O3. The van der Waals surface area contributed by atoms with Gasteiger partial charge in [0.1, 0.15) is 5.75 Å². The summed E-state index contributed by atoms with van der Waals surface area (Å²) in [4.78, 5) is 14.1. The van der Waals surface area contributed by atoms with E-state index in [1.807, 2.05) is 6.92 Å². The SMILES string of the molecule is CC1CN(C(=O)c2cc(O)ccc2Cl)CC(CN)O1. The number of nitrogens with zero attached hydrogens (tertiary/aromatic N) is 1. The molecule has 0 aliphatic carbocycles. The van der Waals surface area contributed by atoms with E-state index in [9.17, 15) is 9.90 Å². The number of carbonyl (C=O) groups is 1. The maximum atomic E-state index is 12.4. The molecule has 2 atom stereocenters. The molecule has 6 heteroatoms. The second-order valence-electron chi connectivity index (χ2n) is 4.68. The summed E-state index contributed by atoms with van der Waals surface area (Å²) in [5, 5.41) is 9.79.